The van der Waals surface area contributed by atoms with Crippen molar-refractivity contribution in [2.45, 2.75) is 26.0 Å². The molecule has 0 N–H and O–H groups in total. The van der Waals surface area contributed by atoms with Crippen LogP contribution in [-0.4, -0.2) is 43.9 Å². The van der Waals surface area contributed by atoms with Crippen LogP contribution in [0.1, 0.15) is 16.7 Å². The molecule has 0 bridgehead atoms. The van der Waals surface area contributed by atoms with Crippen molar-refractivity contribution in [3.63, 3.8) is 0 Å². The average molecular weight is 1570 g/mol. The molecule has 7 aromatic carbocycles. The van der Waals surface area contributed by atoms with Gasteiger partial charge in [0.15, 0.2) is 0 Å². The maximum absolute atomic E-state index is 11.5. The minimum atomic E-state index is -2.28. The van der Waals surface area contributed by atoms with Gasteiger partial charge in [0, 0.05) is 0 Å². The summed E-state index contributed by atoms with van der Waals surface area (Å²) < 4.78 is 24.2. The molecule has 22 heteroatoms. The van der Waals surface area contributed by atoms with Crippen LogP contribution in [0.2, 0.25) is 19.6 Å². The van der Waals surface area contributed by atoms with Crippen LogP contribution in [0, 0.1) is 0 Å². The molecule has 0 aromatic heterocycles. The van der Waals surface area contributed by atoms with E-state index < -0.39 is 26.4 Å². The summed E-state index contributed by atoms with van der Waals surface area (Å²) in [7, 11) is -3.66. The summed E-state index contributed by atoms with van der Waals surface area (Å²) in [6, 6.07) is 64.9. The van der Waals surface area contributed by atoms with Gasteiger partial charge in [0.25, 0.3) is 0 Å². The third-order valence-corrected chi connectivity index (χ3v) is 13.9. The van der Waals surface area contributed by atoms with Crippen molar-refractivity contribution in [3.8, 4) is 0 Å². The van der Waals surface area contributed by atoms with E-state index in [0.29, 0.717) is 4.36 Å². The van der Waals surface area contributed by atoms with Gasteiger partial charge in [-0.25, -0.2) is 0 Å². The Labute approximate surface area is 517 Å². The van der Waals surface area contributed by atoms with Crippen molar-refractivity contribution in [1.82, 2.24) is 0 Å². The predicted molar refractivity (Wildman–Crippen MR) is 367 cm³/mol. The first-order chi connectivity index (χ1) is 34.2. The van der Waals surface area contributed by atoms with Crippen LogP contribution in [0.5, 0.6) is 0 Å². The molecule has 7 aromatic rings. The normalized spacial score (nSPS) is 10.2. The lowest BCUT2D eigenvalue weighted by Crippen LogP contribution is -2.17. The first-order valence-electron chi connectivity index (χ1n) is 21.9. The van der Waals surface area contributed by atoms with Gasteiger partial charge in [-0.15, -0.1) is 132 Å². The minimum absolute atomic E-state index is 0.228. The van der Waals surface area contributed by atoms with Gasteiger partial charge in [0.05, 0.1) is 8.07 Å². The Hall–Kier alpha value is -0.449. The summed E-state index contributed by atoms with van der Waals surface area (Å²) in [5.41, 5.74) is 7.98. The van der Waals surface area contributed by atoms with E-state index in [1.54, 1.807) is 11.7 Å². The van der Waals surface area contributed by atoms with E-state index in [4.69, 9.17) is 45.8 Å². The minimum Gasteiger partial charge on any atom is -0.282 e. The van der Waals surface area contributed by atoms with Crippen LogP contribution >= 0.6 is 172 Å². The second-order valence-corrected chi connectivity index (χ2v) is 35.7. The maximum Gasteiger partial charge on any atom is 0.564 e. The predicted octanol–water partition coefficient (Wildman–Crippen LogP) is 19.5. The third-order valence-electron chi connectivity index (χ3n) is 8.60. The molecule has 0 aliphatic heterocycles. The zero-order chi connectivity index (χ0) is 53.7. The van der Waals surface area contributed by atoms with E-state index in [-0.39, 0.29) is 13.1 Å². The Bertz CT molecular complexity index is 2410. The van der Waals surface area contributed by atoms with Crippen LogP contribution in [0.4, 0.5) is 8.63 Å². The first-order valence-corrected chi connectivity index (χ1v) is 34.6. The number of hydrogen-bond donors (Lipinski definition) is 0. The second kappa shape index (κ2) is 42.6. The van der Waals surface area contributed by atoms with E-state index in [0.717, 1.165) is 23.3 Å². The molecular formula is C50H49B7Br8Cl4F2Si. The summed E-state index contributed by atoms with van der Waals surface area (Å²) in [6.45, 7) is 6.06. The van der Waals surface area contributed by atoms with Gasteiger partial charge < -0.3 is 0 Å². The van der Waals surface area contributed by atoms with Gasteiger partial charge in [0.2, 0.25) is 0 Å². The Morgan fingerprint density at radius 2 is 0.875 bits per heavy atom. The fraction of sp³-hybridized carbons (Fsp3) is 0.0800. The summed E-state index contributed by atoms with van der Waals surface area (Å²) in [6.07, 6.45) is 4.99. The van der Waals surface area contributed by atoms with Crippen LogP contribution in [-0.2, 0) is 6.32 Å². The molecule has 0 saturated carbocycles. The zero-order valence-corrected chi connectivity index (χ0v) is 56.2. The number of benzene rings is 7. The highest BCUT2D eigenvalue weighted by Crippen LogP contribution is 2.16. The molecule has 0 radical (unpaired) electrons. The van der Waals surface area contributed by atoms with Gasteiger partial charge in [-0.2, -0.15) is 45.8 Å². The molecule has 0 aliphatic rings. The molecule has 0 unspecified atom stereocenters. The molecule has 0 heterocycles. The van der Waals surface area contributed by atoms with E-state index in [2.05, 4.69) is 223 Å². The highest BCUT2D eigenvalue weighted by Gasteiger charge is 2.12. The second-order valence-electron chi connectivity index (χ2n) is 15.6. The molecular weight excluding hydrogens is 1520 g/mol. The standard InChI is InChI=1S/C10H7BBr2.C8H7BBr2.C8H7BCl2.C7H7BBr2.C6H5BBr2.C6H5BCl2.C5H11BF2Si/c12-11(13)10-7-3-5-8-4-1-2-6-9(8)10;2*10-9(11)7-6-8-4-2-1-3-5-8;9-8(10)6-7-4-2-1-3-5-7;2*8-7(9)6-4-2-1-3-5-6;1-9(2,3)5-4-6(7)8/h1-7H;2*1-7H;1-5H,6H2;2*1-5H;4-5H,1-3H3. The molecule has 0 spiro atoms. The van der Waals surface area contributed by atoms with Crippen LogP contribution in [0.3, 0.4) is 0 Å². The van der Waals surface area contributed by atoms with Gasteiger partial charge in [-0.1, -0.05) is 255 Å². The molecule has 0 fully saturated rings. The fourth-order valence-corrected chi connectivity index (χ4v) is 8.91. The highest BCUT2D eigenvalue weighted by molar-refractivity contribution is 9.50. The van der Waals surface area contributed by atoms with Crippen molar-refractivity contribution in [1.29, 1.82) is 0 Å². The Morgan fingerprint density at radius 1 is 0.458 bits per heavy atom. The molecule has 0 amide bonds. The van der Waals surface area contributed by atoms with Crippen molar-refractivity contribution in [3.05, 3.63) is 234 Å². The summed E-state index contributed by atoms with van der Waals surface area (Å²) in [5.74, 6) is 4.75. The summed E-state index contributed by atoms with van der Waals surface area (Å²) in [5, 5.41) is 2.58. The van der Waals surface area contributed by atoms with Gasteiger partial charge in [-0.3, -0.25) is 8.63 Å². The molecule has 372 valence electrons. The van der Waals surface area contributed by atoms with E-state index in [9.17, 15) is 8.63 Å². The first kappa shape index (κ1) is 69.6. The van der Waals surface area contributed by atoms with Crippen molar-refractivity contribution in [2.24, 2.45) is 0 Å². The third kappa shape index (κ3) is 38.2. The Kier molecular flexibility index (Phi) is 41.1. The summed E-state index contributed by atoms with van der Waals surface area (Å²) in [4.78, 5) is 0. The molecule has 7 rings (SSSR count). The lowest BCUT2D eigenvalue weighted by molar-refractivity contribution is 0.683. The van der Waals surface area contributed by atoms with Gasteiger partial charge >= 0.3 is 35.8 Å². The number of fused-ring (bicyclic) bond motifs is 1. The van der Waals surface area contributed by atoms with Crippen LogP contribution < -0.4 is 16.4 Å². The average Bonchev–Trinajstić information content (AvgIpc) is 3.36. The van der Waals surface area contributed by atoms with Gasteiger partial charge in [0.1, 0.15) is 0 Å². The monoisotopic (exact) mass is 1560 g/mol. The van der Waals surface area contributed by atoms with Crippen molar-refractivity contribution >= 4 is 255 Å². The summed E-state index contributed by atoms with van der Waals surface area (Å²) >= 11 is 49.6. The van der Waals surface area contributed by atoms with Gasteiger partial charge in [-0.05, 0) is 39.1 Å². The fourth-order valence-electron chi connectivity index (χ4n) is 5.29. The molecule has 0 atom stereocenters. The Morgan fingerprint density at radius 3 is 1.24 bits per heavy atom. The largest absolute Gasteiger partial charge is 0.564 e. The zero-order valence-electron chi connectivity index (χ0n) is 39.5. The number of hydrogen-bond acceptors (Lipinski definition) is 0. The number of rotatable bonds is 11. The van der Waals surface area contributed by atoms with E-state index in [1.807, 2.05) is 135 Å². The van der Waals surface area contributed by atoms with E-state index >= 15 is 0 Å². The molecule has 0 aliphatic carbocycles. The molecule has 72 heavy (non-hydrogen) atoms. The smallest absolute Gasteiger partial charge is 0.282 e. The Balaban J connectivity index is 0.000000422. The van der Waals surface area contributed by atoms with Crippen molar-refractivity contribution in [2.75, 3.05) is 0 Å². The van der Waals surface area contributed by atoms with Crippen molar-refractivity contribution < 1.29 is 8.63 Å². The van der Waals surface area contributed by atoms with E-state index in [1.165, 1.54) is 32.8 Å². The SMILES string of the molecule is BrB(Br)C=Cc1ccccc1.BrB(Br)Cc1ccccc1.BrB(Br)c1cccc2ccccc12.BrB(Br)c1ccccc1.C[Si](C)(C)C=CB(F)F.ClB(Cl)C=Cc1ccccc1.ClB(Cl)c1ccccc1. The maximum atomic E-state index is 11.5. The lowest BCUT2D eigenvalue weighted by Gasteiger charge is -2.06. The topological polar surface area (TPSA) is 0 Å². The quantitative estimate of drug-likeness (QED) is 0.113. The van der Waals surface area contributed by atoms with Crippen LogP contribution in [0.15, 0.2) is 218 Å². The molecule has 0 nitrogen and oxygen atoms in total. The lowest BCUT2D eigenvalue weighted by atomic mass is 9.89. The highest BCUT2D eigenvalue weighted by atomic mass is 79.9. The molecule has 0 saturated heterocycles. The number of halogens is 14. The van der Waals surface area contributed by atoms with Crippen LogP contribution in [0.25, 0.3) is 22.9 Å².